The summed E-state index contributed by atoms with van der Waals surface area (Å²) in [6, 6.07) is 0. The van der Waals surface area contributed by atoms with Crippen LogP contribution in [0.25, 0.3) is 0 Å². The molecule has 0 bridgehead atoms. The highest BCUT2D eigenvalue weighted by molar-refractivity contribution is 4.88. The molecule has 2 saturated heterocycles. The van der Waals surface area contributed by atoms with Gasteiger partial charge in [0.15, 0.2) is 0 Å². The van der Waals surface area contributed by atoms with Crippen LogP contribution in [0.15, 0.2) is 0 Å². The molecule has 0 radical (unpaired) electrons. The lowest BCUT2D eigenvalue weighted by Gasteiger charge is -2.47. The first-order valence-corrected chi connectivity index (χ1v) is 4.66. The highest BCUT2D eigenvalue weighted by Crippen LogP contribution is 2.11. The normalized spacial score (nSPS) is 39.5. The van der Waals surface area contributed by atoms with E-state index in [1.807, 2.05) is 0 Å². The van der Waals surface area contributed by atoms with Gasteiger partial charge in [-0.25, -0.2) is 0 Å². The maximum absolute atomic E-state index is 3.52. The zero-order valence-corrected chi connectivity index (χ0v) is 7.88. The van der Waals surface area contributed by atoms with Crippen molar-refractivity contribution in [3.8, 4) is 0 Å². The first kappa shape index (κ1) is 8.44. The van der Waals surface area contributed by atoms with E-state index in [9.17, 15) is 0 Å². The molecular weight excluding hydrogens is 152 g/mol. The Bertz CT molecular complexity index is 143. The third-order valence-electron chi connectivity index (χ3n) is 2.89. The van der Waals surface area contributed by atoms with E-state index in [1.165, 1.54) is 0 Å². The summed E-state index contributed by atoms with van der Waals surface area (Å²) in [6.45, 7) is 4.48. The van der Waals surface area contributed by atoms with E-state index in [0.717, 1.165) is 26.2 Å². The van der Waals surface area contributed by atoms with Gasteiger partial charge < -0.3 is 0 Å². The summed E-state index contributed by atoms with van der Waals surface area (Å²) in [5.74, 6) is 0. The van der Waals surface area contributed by atoms with E-state index < -0.39 is 0 Å². The molecule has 0 amide bonds. The van der Waals surface area contributed by atoms with Crippen LogP contribution in [0.1, 0.15) is 0 Å². The van der Waals surface area contributed by atoms with Gasteiger partial charge in [0.25, 0.3) is 0 Å². The Morgan fingerprint density at radius 3 is 1.75 bits per heavy atom. The minimum absolute atomic E-state index is 0.498. The number of rotatable bonds is 0. The van der Waals surface area contributed by atoms with Crippen molar-refractivity contribution in [2.24, 2.45) is 0 Å². The fourth-order valence-corrected chi connectivity index (χ4v) is 2.05. The third-order valence-corrected chi connectivity index (χ3v) is 2.89. The van der Waals surface area contributed by atoms with Crippen molar-refractivity contribution in [2.45, 2.75) is 12.3 Å². The lowest BCUT2D eigenvalue weighted by Crippen LogP contribution is -2.71. The van der Waals surface area contributed by atoms with Crippen LogP contribution in [0.2, 0.25) is 0 Å². The molecule has 0 aliphatic carbocycles. The molecule has 70 valence electrons. The number of hydrogen-bond acceptors (Lipinski definition) is 4. The quantitative estimate of drug-likeness (QED) is 0.473. The van der Waals surface area contributed by atoms with Crippen molar-refractivity contribution in [3.05, 3.63) is 0 Å². The Morgan fingerprint density at radius 1 is 0.917 bits per heavy atom. The molecule has 4 heteroatoms. The molecule has 2 N–H and O–H groups in total. The maximum atomic E-state index is 3.52. The van der Waals surface area contributed by atoms with Crippen molar-refractivity contribution < 1.29 is 0 Å². The van der Waals surface area contributed by atoms with Gasteiger partial charge in [0.1, 0.15) is 0 Å². The van der Waals surface area contributed by atoms with Crippen LogP contribution in [0.5, 0.6) is 0 Å². The number of nitrogens with one attached hydrogen (secondary N) is 2. The molecule has 12 heavy (non-hydrogen) atoms. The van der Waals surface area contributed by atoms with Gasteiger partial charge in [-0.05, 0) is 14.1 Å². The zero-order valence-electron chi connectivity index (χ0n) is 7.88. The van der Waals surface area contributed by atoms with Gasteiger partial charge in [-0.3, -0.25) is 20.4 Å². The van der Waals surface area contributed by atoms with Gasteiger partial charge >= 0.3 is 0 Å². The molecule has 0 spiro atoms. The van der Waals surface area contributed by atoms with E-state index >= 15 is 0 Å². The second-order valence-corrected chi connectivity index (χ2v) is 3.76. The summed E-state index contributed by atoms with van der Waals surface area (Å²) < 4.78 is 0. The SMILES string of the molecule is CN1CCN(C)C2NCCNC21. The number of hydrogen-bond donors (Lipinski definition) is 2. The molecule has 0 aromatic heterocycles. The highest BCUT2D eigenvalue weighted by Gasteiger charge is 2.33. The van der Waals surface area contributed by atoms with Gasteiger partial charge in [-0.2, -0.15) is 0 Å². The summed E-state index contributed by atoms with van der Waals surface area (Å²) >= 11 is 0. The van der Waals surface area contributed by atoms with Crippen molar-refractivity contribution >= 4 is 0 Å². The molecule has 0 saturated carbocycles. The predicted molar refractivity (Wildman–Crippen MR) is 48.8 cm³/mol. The average molecular weight is 170 g/mol. The Balaban J connectivity index is 2.05. The van der Waals surface area contributed by atoms with Crippen LogP contribution in [0.4, 0.5) is 0 Å². The molecule has 2 aliphatic heterocycles. The van der Waals surface area contributed by atoms with Crippen LogP contribution < -0.4 is 10.6 Å². The summed E-state index contributed by atoms with van der Waals surface area (Å²) in [6.07, 6.45) is 0.995. The lowest BCUT2D eigenvalue weighted by atomic mass is 10.2. The van der Waals surface area contributed by atoms with E-state index in [-0.39, 0.29) is 0 Å². The van der Waals surface area contributed by atoms with Crippen molar-refractivity contribution in [2.75, 3.05) is 40.3 Å². The van der Waals surface area contributed by atoms with E-state index in [2.05, 4.69) is 34.5 Å². The molecular formula is C8H18N4. The fourth-order valence-electron chi connectivity index (χ4n) is 2.05. The smallest absolute Gasteiger partial charge is 0.0892 e. The number of fused-ring (bicyclic) bond motifs is 1. The van der Waals surface area contributed by atoms with Crippen LogP contribution in [0, 0.1) is 0 Å². The fraction of sp³-hybridized carbons (Fsp3) is 1.00. The lowest BCUT2D eigenvalue weighted by molar-refractivity contribution is 0.00207. The minimum Gasteiger partial charge on any atom is -0.298 e. The van der Waals surface area contributed by atoms with E-state index in [4.69, 9.17) is 0 Å². The highest BCUT2D eigenvalue weighted by atomic mass is 15.4. The summed E-state index contributed by atoms with van der Waals surface area (Å²) in [7, 11) is 4.37. The molecule has 2 aliphatic rings. The number of piperazine rings is 2. The Labute approximate surface area is 73.9 Å². The third kappa shape index (κ3) is 1.35. The molecule has 2 fully saturated rings. The van der Waals surface area contributed by atoms with Gasteiger partial charge in [0.05, 0.1) is 12.3 Å². The summed E-state index contributed by atoms with van der Waals surface area (Å²) in [5.41, 5.74) is 0. The van der Waals surface area contributed by atoms with E-state index in [0.29, 0.717) is 12.3 Å². The van der Waals surface area contributed by atoms with E-state index in [1.54, 1.807) is 0 Å². The monoisotopic (exact) mass is 170 g/mol. The largest absolute Gasteiger partial charge is 0.298 e. The van der Waals surface area contributed by atoms with Gasteiger partial charge in [0.2, 0.25) is 0 Å². The maximum Gasteiger partial charge on any atom is 0.0892 e. The second-order valence-electron chi connectivity index (χ2n) is 3.76. The topological polar surface area (TPSA) is 30.5 Å². The van der Waals surface area contributed by atoms with Crippen LogP contribution in [0.3, 0.4) is 0 Å². The van der Waals surface area contributed by atoms with Gasteiger partial charge in [-0.1, -0.05) is 0 Å². The van der Waals surface area contributed by atoms with Crippen molar-refractivity contribution in [1.29, 1.82) is 0 Å². The molecule has 2 heterocycles. The molecule has 2 rings (SSSR count). The summed E-state index contributed by atoms with van der Waals surface area (Å²) in [5, 5.41) is 7.05. The molecule has 0 aromatic rings. The van der Waals surface area contributed by atoms with Crippen LogP contribution in [-0.2, 0) is 0 Å². The first-order chi connectivity index (χ1) is 5.79. The van der Waals surface area contributed by atoms with Crippen LogP contribution >= 0.6 is 0 Å². The first-order valence-electron chi connectivity index (χ1n) is 4.66. The Morgan fingerprint density at radius 2 is 1.33 bits per heavy atom. The standard InChI is InChI=1S/C8H18N4/c1-11-5-6-12(2)8-7(11)9-3-4-10-8/h7-10H,3-6H2,1-2H3. The molecule has 2 atom stereocenters. The van der Waals surface area contributed by atoms with Crippen molar-refractivity contribution in [3.63, 3.8) is 0 Å². The molecule has 2 unspecified atom stereocenters. The van der Waals surface area contributed by atoms with Gasteiger partial charge in [0, 0.05) is 26.2 Å². The summed E-state index contributed by atoms with van der Waals surface area (Å²) in [4.78, 5) is 4.77. The van der Waals surface area contributed by atoms with Crippen LogP contribution in [-0.4, -0.2) is 62.4 Å². The average Bonchev–Trinajstić information content (AvgIpc) is 2.12. The zero-order chi connectivity index (χ0) is 8.55. The minimum atomic E-state index is 0.498. The second kappa shape index (κ2) is 3.30. The molecule has 0 aromatic carbocycles. The Kier molecular flexibility index (Phi) is 2.32. The number of likely N-dealkylation sites (N-methyl/N-ethyl adjacent to an activating group) is 2. The van der Waals surface area contributed by atoms with Gasteiger partial charge in [-0.15, -0.1) is 0 Å². The van der Waals surface area contributed by atoms with Crippen molar-refractivity contribution in [1.82, 2.24) is 20.4 Å². The Hall–Kier alpha value is -0.160. The predicted octanol–water partition coefficient (Wildman–Crippen LogP) is -1.29. The number of nitrogens with zero attached hydrogens (tertiary/aromatic N) is 2. The molecule has 4 nitrogen and oxygen atoms in total.